The van der Waals surface area contributed by atoms with Crippen LogP contribution >= 0.6 is 0 Å². The molecule has 0 aliphatic heterocycles. The monoisotopic (exact) mass is 331 g/mol. The van der Waals surface area contributed by atoms with Crippen molar-refractivity contribution in [3.05, 3.63) is 71.0 Å². The highest BCUT2D eigenvalue weighted by atomic mass is 16.1. The summed E-state index contributed by atoms with van der Waals surface area (Å²) in [6.45, 7) is 0. The molecule has 1 amide bonds. The average molecular weight is 331 g/mol. The number of hydrogen-bond donors (Lipinski definition) is 2. The van der Waals surface area contributed by atoms with Crippen molar-refractivity contribution in [2.24, 2.45) is 5.73 Å². The predicted molar refractivity (Wildman–Crippen MR) is 93.5 cm³/mol. The summed E-state index contributed by atoms with van der Waals surface area (Å²) in [6.07, 6.45) is 2.29. The van der Waals surface area contributed by atoms with Crippen LogP contribution in [0.15, 0.2) is 48.5 Å². The van der Waals surface area contributed by atoms with E-state index < -0.39 is 5.91 Å². The second-order valence-electron chi connectivity index (χ2n) is 5.67. The fraction of sp³-hybridized carbons (Fsp3) is 0.158. The molecule has 0 atom stereocenters. The van der Waals surface area contributed by atoms with Gasteiger partial charge in [-0.25, -0.2) is 4.98 Å². The van der Waals surface area contributed by atoms with Gasteiger partial charge in [0, 0.05) is 17.5 Å². The van der Waals surface area contributed by atoms with Crippen LogP contribution in [0.3, 0.4) is 0 Å². The van der Waals surface area contributed by atoms with Crippen molar-refractivity contribution in [2.45, 2.75) is 19.3 Å². The van der Waals surface area contributed by atoms with Crippen molar-refractivity contribution < 1.29 is 4.79 Å². The third kappa shape index (κ3) is 3.90. The highest BCUT2D eigenvalue weighted by Gasteiger charge is 2.09. The van der Waals surface area contributed by atoms with Crippen LogP contribution in [0.4, 0.5) is 0 Å². The average Bonchev–Trinajstić information content (AvgIpc) is 3.11. The van der Waals surface area contributed by atoms with E-state index in [4.69, 9.17) is 11.0 Å². The number of amides is 1. The van der Waals surface area contributed by atoms with Crippen molar-refractivity contribution >= 4 is 5.91 Å². The topological polar surface area (TPSA) is 108 Å². The summed E-state index contributed by atoms with van der Waals surface area (Å²) in [5.74, 6) is 0.992. The Kier molecular flexibility index (Phi) is 4.86. The number of H-pyrrole nitrogens is 1. The van der Waals surface area contributed by atoms with Crippen molar-refractivity contribution in [2.75, 3.05) is 0 Å². The molecule has 0 saturated carbocycles. The van der Waals surface area contributed by atoms with Gasteiger partial charge in [-0.3, -0.25) is 9.89 Å². The molecule has 6 heteroatoms. The summed E-state index contributed by atoms with van der Waals surface area (Å²) in [6, 6.07) is 16.6. The molecule has 0 aliphatic carbocycles. The summed E-state index contributed by atoms with van der Waals surface area (Å²) < 4.78 is 0. The molecule has 0 radical (unpaired) electrons. The summed E-state index contributed by atoms with van der Waals surface area (Å²) in [5, 5.41) is 16.0. The standard InChI is InChI=1S/C19H17N5O/c20-12-13-8-10-15(11-9-13)19-22-17(23-24-19)7-3-5-14-4-1-2-6-16(14)18(21)25/h1-2,4,6,8-11H,3,5,7H2,(H2,21,25)(H,22,23,24). The minimum absolute atomic E-state index is 0.404. The molecule has 0 saturated heterocycles. The maximum absolute atomic E-state index is 11.4. The Balaban J connectivity index is 1.62. The SMILES string of the molecule is N#Cc1ccc(-c2n[nH]c(CCCc3ccccc3C(N)=O)n2)cc1. The number of carbonyl (C=O) groups is 1. The number of aryl methyl sites for hydroxylation is 2. The smallest absolute Gasteiger partial charge is 0.248 e. The Morgan fingerprint density at radius 2 is 1.88 bits per heavy atom. The maximum atomic E-state index is 11.4. The van der Waals surface area contributed by atoms with E-state index in [-0.39, 0.29) is 0 Å². The number of nitrogens with zero attached hydrogens (tertiary/aromatic N) is 3. The Hall–Kier alpha value is -3.46. The molecule has 0 spiro atoms. The number of hydrogen-bond acceptors (Lipinski definition) is 4. The van der Waals surface area contributed by atoms with E-state index in [0.29, 0.717) is 17.0 Å². The van der Waals surface area contributed by atoms with Crippen LogP contribution in [0.25, 0.3) is 11.4 Å². The number of nitrogens with one attached hydrogen (secondary N) is 1. The van der Waals surface area contributed by atoms with Crippen molar-refractivity contribution in [3.8, 4) is 17.5 Å². The number of nitrogens with two attached hydrogens (primary N) is 1. The maximum Gasteiger partial charge on any atom is 0.248 e. The summed E-state index contributed by atoms with van der Waals surface area (Å²) >= 11 is 0. The lowest BCUT2D eigenvalue weighted by molar-refractivity contribution is 0.0999. The molecule has 0 fully saturated rings. The first-order valence-electron chi connectivity index (χ1n) is 7.97. The highest BCUT2D eigenvalue weighted by Crippen LogP contribution is 2.16. The highest BCUT2D eigenvalue weighted by molar-refractivity contribution is 5.94. The number of primary amides is 1. The van der Waals surface area contributed by atoms with Crippen LogP contribution < -0.4 is 5.73 Å². The van der Waals surface area contributed by atoms with E-state index in [0.717, 1.165) is 36.2 Å². The minimum Gasteiger partial charge on any atom is -0.366 e. The number of carbonyl (C=O) groups excluding carboxylic acids is 1. The third-order valence-electron chi connectivity index (χ3n) is 3.95. The number of rotatable bonds is 6. The lowest BCUT2D eigenvalue weighted by Crippen LogP contribution is -2.13. The second-order valence-corrected chi connectivity index (χ2v) is 5.67. The first-order valence-corrected chi connectivity index (χ1v) is 7.97. The summed E-state index contributed by atoms with van der Waals surface area (Å²) in [4.78, 5) is 15.9. The third-order valence-corrected chi connectivity index (χ3v) is 3.95. The van der Waals surface area contributed by atoms with Crippen molar-refractivity contribution in [1.82, 2.24) is 15.2 Å². The van der Waals surface area contributed by atoms with Gasteiger partial charge in [-0.2, -0.15) is 10.4 Å². The zero-order valence-electron chi connectivity index (χ0n) is 13.6. The van der Waals surface area contributed by atoms with Gasteiger partial charge in [0.2, 0.25) is 5.91 Å². The van der Waals surface area contributed by atoms with Crippen LogP contribution in [-0.2, 0) is 12.8 Å². The molecular formula is C19H17N5O. The van der Waals surface area contributed by atoms with Gasteiger partial charge in [0.15, 0.2) is 5.82 Å². The molecule has 2 aromatic carbocycles. The van der Waals surface area contributed by atoms with Gasteiger partial charge < -0.3 is 5.73 Å². The van der Waals surface area contributed by atoms with Crippen LogP contribution in [0.2, 0.25) is 0 Å². The summed E-state index contributed by atoms with van der Waals surface area (Å²) in [5.41, 5.74) is 8.38. The van der Waals surface area contributed by atoms with Gasteiger partial charge in [0.25, 0.3) is 0 Å². The molecular weight excluding hydrogens is 314 g/mol. The Morgan fingerprint density at radius 1 is 1.12 bits per heavy atom. The van der Waals surface area contributed by atoms with Gasteiger partial charge in [-0.15, -0.1) is 0 Å². The molecule has 3 rings (SSSR count). The molecule has 3 N–H and O–H groups in total. The zero-order chi connectivity index (χ0) is 17.6. The number of nitriles is 1. The van der Waals surface area contributed by atoms with Crippen LogP contribution in [0, 0.1) is 11.3 Å². The Morgan fingerprint density at radius 3 is 2.60 bits per heavy atom. The van der Waals surface area contributed by atoms with E-state index in [1.54, 1.807) is 18.2 Å². The van der Waals surface area contributed by atoms with E-state index in [9.17, 15) is 4.79 Å². The fourth-order valence-corrected chi connectivity index (χ4v) is 2.66. The molecule has 0 bridgehead atoms. The number of benzene rings is 2. The fourth-order valence-electron chi connectivity index (χ4n) is 2.66. The lowest BCUT2D eigenvalue weighted by atomic mass is 10.0. The molecule has 6 nitrogen and oxygen atoms in total. The lowest BCUT2D eigenvalue weighted by Gasteiger charge is -2.05. The van der Waals surface area contributed by atoms with Gasteiger partial charge in [-0.05, 0) is 48.7 Å². The van der Waals surface area contributed by atoms with Crippen LogP contribution in [-0.4, -0.2) is 21.1 Å². The first-order chi connectivity index (χ1) is 12.2. The summed E-state index contributed by atoms with van der Waals surface area (Å²) in [7, 11) is 0. The molecule has 0 aliphatic rings. The van der Waals surface area contributed by atoms with E-state index in [1.807, 2.05) is 30.3 Å². The van der Waals surface area contributed by atoms with Crippen LogP contribution in [0.1, 0.15) is 33.7 Å². The van der Waals surface area contributed by atoms with Gasteiger partial charge >= 0.3 is 0 Å². The quantitative estimate of drug-likeness (QED) is 0.723. The molecule has 124 valence electrons. The number of aromatic amines is 1. The molecule has 3 aromatic rings. The Labute approximate surface area is 145 Å². The van der Waals surface area contributed by atoms with Crippen molar-refractivity contribution in [3.63, 3.8) is 0 Å². The second kappa shape index (κ2) is 7.41. The zero-order valence-corrected chi connectivity index (χ0v) is 13.6. The van der Waals surface area contributed by atoms with E-state index >= 15 is 0 Å². The largest absolute Gasteiger partial charge is 0.366 e. The molecule has 0 unspecified atom stereocenters. The van der Waals surface area contributed by atoms with Gasteiger partial charge in [0.1, 0.15) is 5.82 Å². The first kappa shape index (κ1) is 16.4. The number of aromatic nitrogens is 3. The van der Waals surface area contributed by atoms with Gasteiger partial charge in [-0.1, -0.05) is 18.2 Å². The Bertz CT molecular complexity index is 921. The van der Waals surface area contributed by atoms with E-state index in [2.05, 4.69) is 21.3 Å². The van der Waals surface area contributed by atoms with Crippen molar-refractivity contribution in [1.29, 1.82) is 5.26 Å². The van der Waals surface area contributed by atoms with Gasteiger partial charge in [0.05, 0.1) is 11.6 Å². The molecule has 25 heavy (non-hydrogen) atoms. The normalized spacial score (nSPS) is 10.4. The van der Waals surface area contributed by atoms with E-state index in [1.165, 1.54) is 0 Å². The minimum atomic E-state index is -0.404. The predicted octanol–water partition coefficient (Wildman–Crippen LogP) is 2.62. The molecule has 1 heterocycles. The molecule has 1 aromatic heterocycles. The van der Waals surface area contributed by atoms with Crippen LogP contribution in [0.5, 0.6) is 0 Å².